The molecular weight excluding hydrogens is 483 g/mol. The van der Waals surface area contributed by atoms with Crippen LogP contribution in [0, 0.1) is 0 Å². The van der Waals surface area contributed by atoms with Gasteiger partial charge >= 0.3 is 0 Å². The highest BCUT2D eigenvalue weighted by Crippen LogP contribution is 2.08. The number of guanidine groups is 1. The maximum atomic E-state index is 4.91. The number of halogens is 1. The van der Waals surface area contributed by atoms with E-state index in [0.717, 1.165) is 75.2 Å². The summed E-state index contributed by atoms with van der Waals surface area (Å²) < 4.78 is 6.96. The average Bonchev–Trinajstić information content (AvgIpc) is 3.39. The van der Waals surface area contributed by atoms with Crippen molar-refractivity contribution in [2.45, 2.75) is 19.4 Å². The van der Waals surface area contributed by atoms with Crippen molar-refractivity contribution in [3.05, 3.63) is 48.2 Å². The molecule has 1 fully saturated rings. The molecule has 0 aromatic carbocycles. The van der Waals surface area contributed by atoms with Crippen molar-refractivity contribution < 1.29 is 4.52 Å². The summed E-state index contributed by atoms with van der Waals surface area (Å²) in [5.41, 5.74) is 1.88. The van der Waals surface area contributed by atoms with E-state index in [1.54, 1.807) is 6.26 Å². The standard InChI is InChI=1S/C19H26N8O.HI/c1-20-19(26-12-10-25(11-13-26)15-16-7-14-28-24-16)21-8-4-6-18-23-22-17-5-2-3-9-27(17)18;/h2-3,5,7,9,14H,4,6,8,10-13,15H2,1H3,(H,20,21);1H. The summed E-state index contributed by atoms with van der Waals surface area (Å²) in [5.74, 6) is 1.96. The number of rotatable bonds is 6. The molecule has 0 aliphatic carbocycles. The number of aromatic nitrogens is 4. The van der Waals surface area contributed by atoms with Gasteiger partial charge < -0.3 is 14.7 Å². The molecule has 1 aliphatic rings. The van der Waals surface area contributed by atoms with Gasteiger partial charge in [-0.2, -0.15) is 0 Å². The molecule has 0 atom stereocenters. The molecule has 0 saturated carbocycles. The zero-order valence-corrected chi connectivity index (χ0v) is 18.9. The van der Waals surface area contributed by atoms with Crippen molar-refractivity contribution in [2.75, 3.05) is 39.8 Å². The fourth-order valence-corrected chi connectivity index (χ4v) is 3.51. The molecule has 4 rings (SSSR count). The van der Waals surface area contributed by atoms with Gasteiger partial charge in [0.25, 0.3) is 0 Å². The Hall–Kier alpha value is -2.21. The molecule has 0 bridgehead atoms. The lowest BCUT2D eigenvalue weighted by molar-refractivity contribution is 0.169. The molecule has 0 spiro atoms. The van der Waals surface area contributed by atoms with Crippen molar-refractivity contribution in [2.24, 2.45) is 4.99 Å². The highest BCUT2D eigenvalue weighted by Gasteiger charge is 2.20. The SMILES string of the molecule is CN=C(NCCCc1nnc2ccccn12)N1CCN(Cc2ccon2)CC1.I. The van der Waals surface area contributed by atoms with Crippen LogP contribution < -0.4 is 5.32 Å². The summed E-state index contributed by atoms with van der Waals surface area (Å²) >= 11 is 0. The molecule has 4 heterocycles. The van der Waals surface area contributed by atoms with Crippen LogP contribution in [-0.4, -0.2) is 75.3 Å². The Labute approximate surface area is 187 Å². The fourth-order valence-electron chi connectivity index (χ4n) is 3.51. The van der Waals surface area contributed by atoms with E-state index in [2.05, 4.69) is 35.5 Å². The number of pyridine rings is 1. The summed E-state index contributed by atoms with van der Waals surface area (Å²) in [7, 11) is 1.84. The first-order valence-corrected chi connectivity index (χ1v) is 9.69. The number of hydrogen-bond acceptors (Lipinski definition) is 6. The Morgan fingerprint density at radius 1 is 1.17 bits per heavy atom. The van der Waals surface area contributed by atoms with Gasteiger partial charge in [-0.1, -0.05) is 11.2 Å². The van der Waals surface area contributed by atoms with Crippen LogP contribution >= 0.6 is 24.0 Å². The van der Waals surface area contributed by atoms with E-state index in [4.69, 9.17) is 4.52 Å². The maximum absolute atomic E-state index is 4.91. The van der Waals surface area contributed by atoms with Gasteiger partial charge in [-0.3, -0.25) is 14.3 Å². The molecule has 3 aromatic heterocycles. The summed E-state index contributed by atoms with van der Waals surface area (Å²) in [6, 6.07) is 7.87. The van der Waals surface area contributed by atoms with Gasteiger partial charge in [0.05, 0.1) is 5.69 Å². The third-order valence-corrected chi connectivity index (χ3v) is 5.01. The van der Waals surface area contributed by atoms with E-state index in [9.17, 15) is 0 Å². The van der Waals surface area contributed by atoms with Crippen LogP contribution in [0.3, 0.4) is 0 Å². The predicted molar refractivity (Wildman–Crippen MR) is 121 cm³/mol. The van der Waals surface area contributed by atoms with E-state index < -0.39 is 0 Å². The Balaban J connectivity index is 0.00000240. The number of aliphatic imine (C=N–C) groups is 1. The number of piperazine rings is 1. The minimum atomic E-state index is 0. The Kier molecular flexibility index (Phi) is 7.81. The predicted octanol–water partition coefficient (Wildman–Crippen LogP) is 1.66. The lowest BCUT2D eigenvalue weighted by Gasteiger charge is -2.36. The summed E-state index contributed by atoms with van der Waals surface area (Å²) in [6.07, 6.45) is 5.48. The van der Waals surface area contributed by atoms with Gasteiger partial charge in [0.1, 0.15) is 12.1 Å². The first kappa shape index (κ1) is 21.5. The van der Waals surface area contributed by atoms with Crippen LogP contribution in [0.15, 0.2) is 46.2 Å². The number of aryl methyl sites for hydroxylation is 1. The van der Waals surface area contributed by atoms with Gasteiger partial charge in [-0.25, -0.2) is 0 Å². The van der Waals surface area contributed by atoms with E-state index in [1.807, 2.05) is 41.9 Å². The molecule has 0 unspecified atom stereocenters. The first-order valence-electron chi connectivity index (χ1n) is 9.69. The largest absolute Gasteiger partial charge is 0.364 e. The molecule has 0 amide bonds. The van der Waals surface area contributed by atoms with E-state index in [-0.39, 0.29) is 24.0 Å². The van der Waals surface area contributed by atoms with Gasteiger partial charge in [0, 0.05) is 65.0 Å². The quantitative estimate of drug-likeness (QED) is 0.234. The van der Waals surface area contributed by atoms with Gasteiger partial charge in [-0.15, -0.1) is 34.2 Å². The number of nitrogens with zero attached hydrogens (tertiary/aromatic N) is 7. The molecule has 29 heavy (non-hydrogen) atoms. The van der Waals surface area contributed by atoms with Crippen molar-refractivity contribution in [1.29, 1.82) is 0 Å². The molecular formula is C19H27IN8O. The second-order valence-electron chi connectivity index (χ2n) is 6.88. The minimum absolute atomic E-state index is 0. The van der Waals surface area contributed by atoms with Crippen LogP contribution in [0.5, 0.6) is 0 Å². The normalized spacial score (nSPS) is 15.5. The molecule has 1 saturated heterocycles. The van der Waals surface area contributed by atoms with Gasteiger partial charge in [0.15, 0.2) is 11.6 Å². The average molecular weight is 510 g/mol. The number of fused-ring (bicyclic) bond motifs is 1. The number of nitrogens with one attached hydrogen (secondary N) is 1. The summed E-state index contributed by atoms with van der Waals surface area (Å²) in [5, 5.41) is 16.0. The third-order valence-electron chi connectivity index (χ3n) is 5.01. The van der Waals surface area contributed by atoms with Crippen molar-refractivity contribution in [3.8, 4) is 0 Å². The minimum Gasteiger partial charge on any atom is -0.364 e. The highest BCUT2D eigenvalue weighted by atomic mass is 127. The second kappa shape index (κ2) is 10.5. The topological polar surface area (TPSA) is 87.1 Å². The molecule has 10 heteroatoms. The maximum Gasteiger partial charge on any atom is 0.193 e. The highest BCUT2D eigenvalue weighted by molar-refractivity contribution is 14.0. The smallest absolute Gasteiger partial charge is 0.193 e. The lowest BCUT2D eigenvalue weighted by atomic mass is 10.3. The zero-order valence-electron chi connectivity index (χ0n) is 16.6. The molecule has 3 aromatic rings. The molecule has 1 N–H and O–H groups in total. The lowest BCUT2D eigenvalue weighted by Crippen LogP contribution is -2.52. The van der Waals surface area contributed by atoms with E-state index >= 15 is 0 Å². The summed E-state index contributed by atoms with van der Waals surface area (Å²) in [6.45, 7) is 5.56. The molecule has 9 nitrogen and oxygen atoms in total. The van der Waals surface area contributed by atoms with Gasteiger partial charge in [0.2, 0.25) is 0 Å². The Morgan fingerprint density at radius 2 is 2.03 bits per heavy atom. The van der Waals surface area contributed by atoms with Crippen LogP contribution in [0.4, 0.5) is 0 Å². The summed E-state index contributed by atoms with van der Waals surface area (Å²) in [4.78, 5) is 9.15. The van der Waals surface area contributed by atoms with Crippen molar-refractivity contribution in [1.82, 2.24) is 34.9 Å². The monoisotopic (exact) mass is 510 g/mol. The molecule has 0 radical (unpaired) electrons. The van der Waals surface area contributed by atoms with Crippen LogP contribution in [0.2, 0.25) is 0 Å². The molecule has 156 valence electrons. The van der Waals surface area contributed by atoms with Crippen molar-refractivity contribution in [3.63, 3.8) is 0 Å². The third kappa shape index (κ3) is 5.44. The first-order chi connectivity index (χ1) is 13.8. The molecule has 1 aliphatic heterocycles. The van der Waals surface area contributed by atoms with E-state index in [0.29, 0.717) is 0 Å². The van der Waals surface area contributed by atoms with Crippen LogP contribution in [-0.2, 0) is 13.0 Å². The van der Waals surface area contributed by atoms with Crippen LogP contribution in [0.1, 0.15) is 17.9 Å². The van der Waals surface area contributed by atoms with Gasteiger partial charge in [-0.05, 0) is 18.6 Å². The van der Waals surface area contributed by atoms with E-state index in [1.165, 1.54) is 0 Å². The zero-order chi connectivity index (χ0) is 19.2. The van der Waals surface area contributed by atoms with Crippen LogP contribution in [0.25, 0.3) is 5.65 Å². The number of hydrogen-bond donors (Lipinski definition) is 1. The second-order valence-corrected chi connectivity index (χ2v) is 6.88. The van der Waals surface area contributed by atoms with Crippen molar-refractivity contribution >= 4 is 35.6 Å². The Morgan fingerprint density at radius 3 is 2.79 bits per heavy atom. The Bertz CT molecular complexity index is 902. The fraction of sp³-hybridized carbons (Fsp3) is 0.474.